The van der Waals surface area contributed by atoms with Crippen molar-refractivity contribution in [2.75, 3.05) is 12.3 Å². The van der Waals surface area contributed by atoms with Crippen LogP contribution in [0.2, 0.25) is 0 Å². The molecule has 1 atom stereocenters. The highest BCUT2D eigenvalue weighted by Crippen LogP contribution is 2.21. The van der Waals surface area contributed by atoms with E-state index in [4.69, 9.17) is 5.11 Å². The zero-order valence-corrected chi connectivity index (χ0v) is 14.4. The molecule has 7 heteroatoms. The summed E-state index contributed by atoms with van der Waals surface area (Å²) in [6, 6.07) is 8.22. The number of amides is 1. The van der Waals surface area contributed by atoms with Gasteiger partial charge in [-0.25, -0.2) is 0 Å². The summed E-state index contributed by atoms with van der Waals surface area (Å²) in [6.07, 6.45) is 1.09. The van der Waals surface area contributed by atoms with Crippen LogP contribution in [-0.2, 0) is 4.79 Å². The van der Waals surface area contributed by atoms with E-state index in [2.05, 4.69) is 41.5 Å². The molecule has 0 saturated carbocycles. The van der Waals surface area contributed by atoms with Gasteiger partial charge in [0.25, 0.3) is 0 Å². The van der Waals surface area contributed by atoms with E-state index >= 15 is 0 Å². The van der Waals surface area contributed by atoms with Crippen molar-refractivity contribution in [2.24, 2.45) is 0 Å². The lowest BCUT2D eigenvalue weighted by molar-refractivity contribution is -0.118. The second-order valence-electron chi connectivity index (χ2n) is 5.67. The normalized spacial score (nSPS) is 12.4. The summed E-state index contributed by atoms with van der Waals surface area (Å²) in [5.74, 6) is 0.576. The Balaban J connectivity index is 2.00. The summed E-state index contributed by atoms with van der Waals surface area (Å²) in [5.41, 5.74) is 2.24. The quantitative estimate of drug-likeness (QED) is 0.757. The maximum absolute atomic E-state index is 11.7. The molecule has 1 amide bonds. The third kappa shape index (κ3) is 5.07. The van der Waals surface area contributed by atoms with Crippen LogP contribution in [0.4, 0.5) is 0 Å². The van der Waals surface area contributed by atoms with Gasteiger partial charge in [-0.05, 0) is 30.5 Å². The molecule has 124 valence electrons. The molecule has 0 aliphatic rings. The largest absolute Gasteiger partial charge is 0.392 e. The monoisotopic (exact) mass is 334 g/mol. The predicted octanol–water partition coefficient (Wildman–Crippen LogP) is 1.98. The summed E-state index contributed by atoms with van der Waals surface area (Å²) in [5, 5.41) is 20.5. The fourth-order valence-corrected chi connectivity index (χ4v) is 2.72. The molecule has 1 heterocycles. The maximum Gasteiger partial charge on any atom is 0.230 e. The molecular formula is C16H22N4O2S. The van der Waals surface area contributed by atoms with Gasteiger partial charge in [-0.2, -0.15) is 0 Å². The Morgan fingerprint density at radius 1 is 1.30 bits per heavy atom. The molecule has 0 unspecified atom stereocenters. The molecule has 0 aliphatic carbocycles. The molecule has 1 aromatic carbocycles. The molecule has 2 rings (SSSR count). The summed E-state index contributed by atoms with van der Waals surface area (Å²) >= 11 is 1.31. The fourth-order valence-electron chi connectivity index (χ4n) is 1.96. The van der Waals surface area contributed by atoms with Gasteiger partial charge in [0.2, 0.25) is 5.91 Å². The van der Waals surface area contributed by atoms with Crippen LogP contribution in [0.1, 0.15) is 32.3 Å². The lowest BCUT2D eigenvalue weighted by Crippen LogP contribution is -2.31. The Kier molecular flexibility index (Phi) is 6.18. The molecule has 0 saturated heterocycles. The van der Waals surface area contributed by atoms with E-state index in [9.17, 15) is 4.79 Å². The van der Waals surface area contributed by atoms with Crippen LogP contribution in [0.3, 0.4) is 0 Å². The third-order valence-corrected chi connectivity index (χ3v) is 4.22. The zero-order chi connectivity index (χ0) is 16.8. The molecule has 6 nitrogen and oxygen atoms in total. The van der Waals surface area contributed by atoms with Crippen molar-refractivity contribution in [1.82, 2.24) is 20.1 Å². The number of thioether (sulfide) groups is 1. The SMILES string of the molecule is CC(C)c1ccc(-n2cnnc2SCC(=O)NC[C@@H](C)O)cc1. The molecule has 2 aromatic rings. The molecular weight excluding hydrogens is 312 g/mol. The van der Waals surface area contributed by atoms with Crippen molar-refractivity contribution in [3.8, 4) is 5.69 Å². The van der Waals surface area contributed by atoms with Gasteiger partial charge in [-0.1, -0.05) is 37.7 Å². The number of carbonyl (C=O) groups is 1. The molecule has 1 aromatic heterocycles. The number of nitrogens with one attached hydrogen (secondary N) is 1. The Bertz CT molecular complexity index is 638. The number of aliphatic hydroxyl groups excluding tert-OH is 1. The van der Waals surface area contributed by atoms with Crippen molar-refractivity contribution in [2.45, 2.75) is 37.9 Å². The van der Waals surface area contributed by atoms with Gasteiger partial charge >= 0.3 is 0 Å². The highest BCUT2D eigenvalue weighted by molar-refractivity contribution is 7.99. The van der Waals surface area contributed by atoms with Crippen LogP contribution in [0, 0.1) is 0 Å². The third-order valence-electron chi connectivity index (χ3n) is 3.28. The Morgan fingerprint density at radius 2 is 2.00 bits per heavy atom. The molecule has 0 fully saturated rings. The number of benzene rings is 1. The first-order valence-electron chi connectivity index (χ1n) is 7.55. The fraction of sp³-hybridized carbons (Fsp3) is 0.438. The first-order chi connectivity index (χ1) is 11.0. The summed E-state index contributed by atoms with van der Waals surface area (Å²) in [6.45, 7) is 6.19. The number of hydrogen-bond donors (Lipinski definition) is 2. The van der Waals surface area contributed by atoms with Crippen molar-refractivity contribution in [3.05, 3.63) is 36.2 Å². The average Bonchev–Trinajstić information content (AvgIpc) is 2.99. The standard InChI is InChI=1S/C16H22N4O2S/c1-11(2)13-4-6-14(7-5-13)20-10-18-19-16(20)23-9-15(22)17-8-12(3)21/h4-7,10-12,21H,8-9H2,1-3H3,(H,17,22)/t12-/m1/s1. The summed E-state index contributed by atoms with van der Waals surface area (Å²) in [4.78, 5) is 11.7. The lowest BCUT2D eigenvalue weighted by atomic mass is 10.0. The van der Waals surface area contributed by atoms with Crippen molar-refractivity contribution in [1.29, 1.82) is 0 Å². The van der Waals surface area contributed by atoms with Crippen LogP contribution in [-0.4, -0.2) is 44.2 Å². The predicted molar refractivity (Wildman–Crippen MR) is 90.9 cm³/mol. The Hall–Kier alpha value is -1.86. The first kappa shape index (κ1) is 17.5. The van der Waals surface area contributed by atoms with Gasteiger partial charge < -0.3 is 10.4 Å². The van der Waals surface area contributed by atoms with Crippen molar-refractivity contribution in [3.63, 3.8) is 0 Å². The maximum atomic E-state index is 11.7. The van der Waals surface area contributed by atoms with Gasteiger partial charge in [0.05, 0.1) is 11.9 Å². The van der Waals surface area contributed by atoms with Gasteiger partial charge in [0.1, 0.15) is 6.33 Å². The molecule has 2 N–H and O–H groups in total. The van der Waals surface area contributed by atoms with Crippen LogP contribution in [0.5, 0.6) is 0 Å². The van der Waals surface area contributed by atoms with Crippen molar-refractivity contribution >= 4 is 17.7 Å². The smallest absolute Gasteiger partial charge is 0.230 e. The van der Waals surface area contributed by atoms with Crippen molar-refractivity contribution < 1.29 is 9.90 Å². The minimum Gasteiger partial charge on any atom is -0.392 e. The number of nitrogens with zero attached hydrogens (tertiary/aromatic N) is 3. The van der Waals surface area contributed by atoms with Crippen LogP contribution < -0.4 is 5.32 Å². The van der Waals surface area contributed by atoms with E-state index in [0.29, 0.717) is 11.1 Å². The number of rotatable bonds is 7. The molecule has 0 spiro atoms. The molecule has 0 radical (unpaired) electrons. The second-order valence-corrected chi connectivity index (χ2v) is 6.61. The molecule has 0 aliphatic heterocycles. The molecule has 0 bridgehead atoms. The van der Waals surface area contributed by atoms with Crippen LogP contribution >= 0.6 is 11.8 Å². The zero-order valence-electron chi connectivity index (χ0n) is 13.6. The van der Waals surface area contributed by atoms with E-state index in [1.165, 1.54) is 17.3 Å². The van der Waals surface area contributed by atoms with Crippen LogP contribution in [0.15, 0.2) is 35.7 Å². The van der Waals surface area contributed by atoms with Gasteiger partial charge in [0, 0.05) is 12.2 Å². The van der Waals surface area contributed by atoms with E-state index < -0.39 is 6.10 Å². The van der Waals surface area contributed by atoms with Crippen LogP contribution in [0.25, 0.3) is 5.69 Å². The highest BCUT2D eigenvalue weighted by atomic mass is 32.2. The minimum absolute atomic E-state index is 0.138. The number of hydrogen-bond acceptors (Lipinski definition) is 5. The number of aliphatic hydroxyl groups is 1. The number of aromatic nitrogens is 3. The van der Waals surface area contributed by atoms with Gasteiger partial charge in [-0.15, -0.1) is 10.2 Å². The van der Waals surface area contributed by atoms with E-state index in [0.717, 1.165) is 5.69 Å². The number of carbonyl (C=O) groups excluding carboxylic acids is 1. The summed E-state index contributed by atoms with van der Waals surface area (Å²) in [7, 11) is 0. The van der Waals surface area contributed by atoms with Gasteiger partial charge in [0.15, 0.2) is 5.16 Å². The second kappa shape index (κ2) is 8.12. The van der Waals surface area contributed by atoms with E-state index in [1.807, 2.05) is 16.7 Å². The Morgan fingerprint density at radius 3 is 2.61 bits per heavy atom. The highest BCUT2D eigenvalue weighted by Gasteiger charge is 2.11. The van der Waals surface area contributed by atoms with E-state index in [1.54, 1.807) is 13.3 Å². The first-order valence-corrected chi connectivity index (χ1v) is 8.54. The van der Waals surface area contributed by atoms with E-state index in [-0.39, 0.29) is 18.2 Å². The Labute approximate surface area is 140 Å². The molecule has 23 heavy (non-hydrogen) atoms. The lowest BCUT2D eigenvalue weighted by Gasteiger charge is -2.09. The topological polar surface area (TPSA) is 80.0 Å². The summed E-state index contributed by atoms with van der Waals surface area (Å²) < 4.78 is 1.86. The average molecular weight is 334 g/mol. The minimum atomic E-state index is -0.549. The van der Waals surface area contributed by atoms with Gasteiger partial charge in [-0.3, -0.25) is 9.36 Å².